The van der Waals surface area contributed by atoms with Gasteiger partial charge in [0.1, 0.15) is 30.1 Å². The zero-order chi connectivity index (χ0) is 25.3. The van der Waals surface area contributed by atoms with E-state index in [0.717, 1.165) is 28.9 Å². The summed E-state index contributed by atoms with van der Waals surface area (Å²) in [4.78, 5) is 16.9. The fourth-order valence-corrected chi connectivity index (χ4v) is 3.83. The first-order valence-electron chi connectivity index (χ1n) is 11.8. The molecule has 0 heterocycles. The van der Waals surface area contributed by atoms with Crippen LogP contribution in [0, 0.1) is 17.2 Å². The van der Waals surface area contributed by atoms with Gasteiger partial charge >= 0.3 is 5.97 Å². The first-order chi connectivity index (χ1) is 17.6. The molecule has 1 fully saturated rings. The standard InChI is InChI=1S/C29H28N2O5/c1-3-34-29(32)27-16-26(27)22-10-14-25(15-11-22)35-18-21-6-12-24(13-7-21)36-19-28(31-33-2)23-8-4-20(17-30)5-9-23/h4-15,19,26-27,31H,3,16,18H2,1-2H3. The summed E-state index contributed by atoms with van der Waals surface area (Å²) in [6.45, 7) is 2.67. The Morgan fingerprint density at radius 1 is 1.03 bits per heavy atom. The first kappa shape index (κ1) is 24.8. The Morgan fingerprint density at radius 3 is 2.36 bits per heavy atom. The fourth-order valence-electron chi connectivity index (χ4n) is 3.83. The molecular formula is C29H28N2O5. The van der Waals surface area contributed by atoms with E-state index in [-0.39, 0.29) is 17.8 Å². The molecule has 1 saturated carbocycles. The number of nitrogens with one attached hydrogen (secondary N) is 1. The number of nitrogens with zero attached hydrogens (tertiary/aromatic N) is 1. The summed E-state index contributed by atoms with van der Waals surface area (Å²) in [5.41, 5.74) is 6.96. The van der Waals surface area contributed by atoms with Gasteiger partial charge in [-0.15, -0.1) is 0 Å². The highest BCUT2D eigenvalue weighted by Gasteiger charge is 2.45. The highest BCUT2D eigenvalue weighted by Crippen LogP contribution is 2.48. The average Bonchev–Trinajstić information content (AvgIpc) is 3.72. The van der Waals surface area contributed by atoms with Gasteiger partial charge in [0, 0.05) is 5.56 Å². The summed E-state index contributed by atoms with van der Waals surface area (Å²) in [7, 11) is 1.52. The number of ether oxygens (including phenoxy) is 3. The zero-order valence-electron chi connectivity index (χ0n) is 20.3. The van der Waals surface area contributed by atoms with Gasteiger partial charge < -0.3 is 14.2 Å². The van der Waals surface area contributed by atoms with Crippen LogP contribution in [0.1, 0.15) is 41.5 Å². The van der Waals surface area contributed by atoms with Crippen LogP contribution in [0.4, 0.5) is 0 Å². The SMILES string of the molecule is CCOC(=O)C1CC1c1ccc(OCc2ccc(OC=C(NOC)c3ccc(C#N)cc3)cc2)cc1. The number of hydroxylamine groups is 1. The third-order valence-corrected chi connectivity index (χ3v) is 5.87. The monoisotopic (exact) mass is 484 g/mol. The Kier molecular flexibility index (Phi) is 8.22. The molecule has 1 aliphatic rings. The van der Waals surface area contributed by atoms with E-state index in [4.69, 9.17) is 24.3 Å². The van der Waals surface area contributed by atoms with E-state index in [0.29, 0.717) is 30.2 Å². The maximum absolute atomic E-state index is 11.9. The van der Waals surface area contributed by atoms with Crippen LogP contribution >= 0.6 is 0 Å². The molecule has 2 unspecified atom stereocenters. The van der Waals surface area contributed by atoms with Crippen molar-refractivity contribution in [1.29, 1.82) is 5.26 Å². The number of carbonyl (C=O) groups excluding carboxylic acids is 1. The van der Waals surface area contributed by atoms with E-state index in [1.807, 2.05) is 67.6 Å². The molecule has 0 radical (unpaired) electrons. The second kappa shape index (κ2) is 11.9. The topological polar surface area (TPSA) is 89.8 Å². The van der Waals surface area contributed by atoms with Crippen LogP contribution in [0.5, 0.6) is 11.5 Å². The van der Waals surface area contributed by atoms with Gasteiger partial charge in [0.25, 0.3) is 0 Å². The number of rotatable bonds is 11. The Morgan fingerprint density at radius 2 is 1.72 bits per heavy atom. The van der Waals surface area contributed by atoms with Crippen molar-refractivity contribution in [2.75, 3.05) is 13.7 Å². The second-order valence-corrected chi connectivity index (χ2v) is 8.35. The Balaban J connectivity index is 1.29. The fraction of sp³-hybridized carbons (Fsp3) is 0.241. The van der Waals surface area contributed by atoms with Crippen LogP contribution in [0.25, 0.3) is 5.70 Å². The van der Waals surface area contributed by atoms with Crippen LogP contribution in [0.2, 0.25) is 0 Å². The minimum absolute atomic E-state index is 0.0160. The Bertz CT molecular complexity index is 1230. The molecule has 4 rings (SSSR count). The summed E-state index contributed by atoms with van der Waals surface area (Å²) in [5.74, 6) is 1.56. The molecule has 36 heavy (non-hydrogen) atoms. The maximum Gasteiger partial charge on any atom is 0.309 e. The van der Waals surface area contributed by atoms with E-state index in [9.17, 15) is 4.79 Å². The van der Waals surface area contributed by atoms with Crippen LogP contribution < -0.4 is 15.0 Å². The largest absolute Gasteiger partial charge is 0.489 e. The Hall–Kier alpha value is -4.28. The number of benzene rings is 3. The lowest BCUT2D eigenvalue weighted by Crippen LogP contribution is -2.11. The van der Waals surface area contributed by atoms with Crippen molar-refractivity contribution in [2.24, 2.45) is 5.92 Å². The van der Waals surface area contributed by atoms with Crippen molar-refractivity contribution >= 4 is 11.7 Å². The lowest BCUT2D eigenvalue weighted by atomic mass is 10.1. The van der Waals surface area contributed by atoms with Crippen LogP contribution in [0.15, 0.2) is 79.1 Å². The minimum Gasteiger partial charge on any atom is -0.489 e. The summed E-state index contributed by atoms with van der Waals surface area (Å²) in [6, 6.07) is 24.7. The lowest BCUT2D eigenvalue weighted by Gasteiger charge is -2.10. The minimum atomic E-state index is -0.105. The normalized spacial score (nSPS) is 16.5. The van der Waals surface area contributed by atoms with Gasteiger partial charge in [-0.25, -0.2) is 0 Å². The van der Waals surface area contributed by atoms with Crippen molar-refractivity contribution in [3.8, 4) is 17.6 Å². The van der Waals surface area contributed by atoms with Crippen molar-refractivity contribution in [2.45, 2.75) is 25.9 Å². The molecule has 1 aliphatic carbocycles. The predicted octanol–water partition coefficient (Wildman–Crippen LogP) is 5.33. The molecule has 184 valence electrons. The van der Waals surface area contributed by atoms with Crippen molar-refractivity contribution in [3.63, 3.8) is 0 Å². The third-order valence-electron chi connectivity index (χ3n) is 5.87. The molecule has 0 spiro atoms. The van der Waals surface area contributed by atoms with E-state index < -0.39 is 0 Å². The number of hydrogen-bond acceptors (Lipinski definition) is 7. The quantitative estimate of drug-likeness (QED) is 0.223. The van der Waals surface area contributed by atoms with Crippen LogP contribution in [-0.4, -0.2) is 19.7 Å². The molecule has 1 N–H and O–H groups in total. The van der Waals surface area contributed by atoms with E-state index in [2.05, 4.69) is 11.5 Å². The molecule has 2 atom stereocenters. The molecule has 0 aromatic heterocycles. The highest BCUT2D eigenvalue weighted by molar-refractivity contribution is 5.77. The molecule has 7 nitrogen and oxygen atoms in total. The molecule has 3 aromatic carbocycles. The average molecular weight is 485 g/mol. The summed E-state index contributed by atoms with van der Waals surface area (Å²) in [6.07, 6.45) is 2.41. The molecule has 7 heteroatoms. The number of carbonyl (C=O) groups is 1. The molecule has 0 saturated heterocycles. The van der Waals surface area contributed by atoms with Crippen LogP contribution in [0.3, 0.4) is 0 Å². The van der Waals surface area contributed by atoms with Gasteiger partial charge in [-0.3, -0.25) is 15.1 Å². The van der Waals surface area contributed by atoms with E-state index in [1.165, 1.54) is 7.11 Å². The van der Waals surface area contributed by atoms with E-state index in [1.54, 1.807) is 18.4 Å². The molecule has 0 bridgehead atoms. The van der Waals surface area contributed by atoms with Crippen molar-refractivity contribution < 1.29 is 23.8 Å². The molecule has 3 aromatic rings. The molecule has 0 amide bonds. The predicted molar refractivity (Wildman–Crippen MR) is 135 cm³/mol. The summed E-state index contributed by atoms with van der Waals surface area (Å²) < 4.78 is 16.8. The Labute approximate surface area is 210 Å². The van der Waals surface area contributed by atoms with Gasteiger partial charge in [-0.05, 0) is 66.8 Å². The summed E-state index contributed by atoms with van der Waals surface area (Å²) >= 11 is 0. The molecular weight excluding hydrogens is 456 g/mol. The maximum atomic E-state index is 11.9. The van der Waals surface area contributed by atoms with Crippen LogP contribution in [-0.2, 0) is 21.0 Å². The summed E-state index contributed by atoms with van der Waals surface area (Å²) in [5, 5.41) is 8.97. The van der Waals surface area contributed by atoms with Crippen molar-refractivity contribution in [1.82, 2.24) is 5.48 Å². The highest BCUT2D eigenvalue weighted by atomic mass is 16.6. The smallest absolute Gasteiger partial charge is 0.309 e. The first-order valence-corrected chi connectivity index (χ1v) is 11.8. The van der Waals surface area contributed by atoms with Gasteiger partial charge in [0.2, 0.25) is 0 Å². The van der Waals surface area contributed by atoms with Gasteiger partial charge in [0.05, 0.1) is 31.3 Å². The lowest BCUT2D eigenvalue weighted by molar-refractivity contribution is -0.144. The van der Waals surface area contributed by atoms with E-state index >= 15 is 0 Å². The van der Waals surface area contributed by atoms with Gasteiger partial charge in [-0.1, -0.05) is 36.4 Å². The number of hydrogen-bond donors (Lipinski definition) is 1. The third kappa shape index (κ3) is 6.44. The molecule has 0 aliphatic heterocycles. The zero-order valence-corrected chi connectivity index (χ0v) is 20.3. The second-order valence-electron chi connectivity index (χ2n) is 8.35. The van der Waals surface area contributed by atoms with Crippen molar-refractivity contribution in [3.05, 3.63) is 101 Å². The number of esters is 1. The van der Waals surface area contributed by atoms with Gasteiger partial charge in [-0.2, -0.15) is 5.26 Å². The van der Waals surface area contributed by atoms with Gasteiger partial charge in [0.15, 0.2) is 0 Å². The number of nitriles is 1.